The van der Waals surface area contributed by atoms with Gasteiger partial charge in [-0.25, -0.2) is 0 Å². The first-order chi connectivity index (χ1) is 16.7. The molecule has 0 spiro atoms. The first-order valence-electron chi connectivity index (χ1n) is 10.7. The monoisotopic (exact) mass is 540 g/mol. The van der Waals surface area contributed by atoms with Crippen LogP contribution in [-0.4, -0.2) is 189 Å². The van der Waals surface area contributed by atoms with Gasteiger partial charge < -0.3 is 90.8 Å². The number of rotatable bonds is 3. The van der Waals surface area contributed by atoms with Crippen molar-refractivity contribution in [1.29, 1.82) is 0 Å². The van der Waals surface area contributed by atoms with Crippen LogP contribution in [0.25, 0.3) is 0 Å². The minimum absolute atomic E-state index is 0.526. The van der Waals surface area contributed by atoms with Crippen LogP contribution < -0.4 is 0 Å². The fourth-order valence-corrected chi connectivity index (χ4v) is 3.25. The van der Waals surface area contributed by atoms with Crippen LogP contribution in [0.5, 0.6) is 0 Å². The van der Waals surface area contributed by atoms with E-state index < -0.39 is 112 Å². The van der Waals surface area contributed by atoms with Crippen molar-refractivity contribution in [2.75, 3.05) is 19.8 Å². The second-order valence-corrected chi connectivity index (χ2v) is 8.16. The third-order valence-electron chi connectivity index (χ3n) is 5.60. The van der Waals surface area contributed by atoms with Crippen molar-refractivity contribution in [3.05, 3.63) is 0 Å². The molecule has 0 amide bonds. The van der Waals surface area contributed by atoms with E-state index in [0.29, 0.717) is 0 Å². The van der Waals surface area contributed by atoms with E-state index in [1.165, 1.54) is 0 Å². The van der Waals surface area contributed by atoms with Gasteiger partial charge in [0, 0.05) is 0 Å². The Kier molecular flexibility index (Phi) is 13.9. The van der Waals surface area contributed by atoms with E-state index in [4.69, 9.17) is 76.6 Å². The maximum Gasteiger partial charge on any atom is 0.184 e. The molecule has 15 atom stereocenters. The Morgan fingerprint density at radius 2 is 0.500 bits per heavy atom. The Morgan fingerprint density at radius 3 is 0.667 bits per heavy atom. The molecule has 0 aromatic rings. The van der Waals surface area contributed by atoms with E-state index in [0.717, 1.165) is 0 Å². The fourth-order valence-electron chi connectivity index (χ4n) is 3.25. The van der Waals surface area contributed by atoms with Crippen LogP contribution in [0.2, 0.25) is 0 Å². The lowest BCUT2D eigenvalue weighted by Crippen LogP contribution is -2.58. The average molecular weight is 540 g/mol. The van der Waals surface area contributed by atoms with E-state index in [1.54, 1.807) is 0 Å². The summed E-state index contributed by atoms with van der Waals surface area (Å²) in [6.07, 6.45) is -21.1. The third kappa shape index (κ3) is 8.14. The van der Waals surface area contributed by atoms with Crippen molar-refractivity contribution >= 4 is 0 Å². The minimum Gasteiger partial charge on any atom is -0.394 e. The number of aliphatic hydroxyl groups is 15. The highest BCUT2D eigenvalue weighted by atomic mass is 16.7. The van der Waals surface area contributed by atoms with Crippen LogP contribution in [0.3, 0.4) is 0 Å². The van der Waals surface area contributed by atoms with Gasteiger partial charge in [-0.05, 0) is 0 Å². The molecule has 18 heteroatoms. The van der Waals surface area contributed by atoms with E-state index in [2.05, 4.69) is 14.2 Å². The minimum atomic E-state index is -1.57. The molecule has 0 aromatic carbocycles. The second-order valence-electron chi connectivity index (χ2n) is 8.16. The highest BCUT2D eigenvalue weighted by Gasteiger charge is 2.44. The number of ether oxygens (including phenoxy) is 3. The first-order valence-corrected chi connectivity index (χ1v) is 10.7. The van der Waals surface area contributed by atoms with Gasteiger partial charge in [0.15, 0.2) is 18.9 Å². The van der Waals surface area contributed by atoms with Gasteiger partial charge in [0.05, 0.1) is 19.8 Å². The van der Waals surface area contributed by atoms with Gasteiger partial charge in [0.1, 0.15) is 73.2 Å². The molecule has 36 heavy (non-hydrogen) atoms. The van der Waals surface area contributed by atoms with E-state index >= 15 is 0 Å². The van der Waals surface area contributed by atoms with Gasteiger partial charge in [-0.1, -0.05) is 0 Å². The summed E-state index contributed by atoms with van der Waals surface area (Å²) < 4.78 is 13.7. The van der Waals surface area contributed by atoms with Gasteiger partial charge in [-0.3, -0.25) is 0 Å². The van der Waals surface area contributed by atoms with Gasteiger partial charge in [-0.2, -0.15) is 0 Å². The van der Waals surface area contributed by atoms with Crippen molar-refractivity contribution in [2.24, 2.45) is 0 Å². The smallest absolute Gasteiger partial charge is 0.184 e. The topological polar surface area (TPSA) is 331 Å². The van der Waals surface area contributed by atoms with E-state index in [9.17, 15) is 0 Å². The zero-order chi connectivity index (χ0) is 27.9. The molecule has 0 radical (unpaired) electrons. The lowest BCUT2D eigenvalue weighted by Gasteiger charge is -2.37. The highest BCUT2D eigenvalue weighted by Crippen LogP contribution is 2.20. The highest BCUT2D eigenvalue weighted by molar-refractivity contribution is 4.89. The number of aliphatic hydroxyl groups excluding tert-OH is 15. The Hall–Kier alpha value is -0.720. The summed E-state index contributed by atoms with van der Waals surface area (Å²) in [4.78, 5) is 0. The van der Waals surface area contributed by atoms with Crippen LogP contribution in [0, 0.1) is 0 Å². The number of hydrogen-bond acceptors (Lipinski definition) is 18. The summed E-state index contributed by atoms with van der Waals surface area (Å²) in [6.45, 7) is -1.58. The van der Waals surface area contributed by atoms with Crippen LogP contribution in [-0.2, 0) is 14.2 Å². The van der Waals surface area contributed by atoms with E-state index in [-0.39, 0.29) is 0 Å². The maximum atomic E-state index is 9.12. The Labute approximate surface area is 203 Å². The van der Waals surface area contributed by atoms with Crippen LogP contribution in [0.4, 0.5) is 0 Å². The summed E-state index contributed by atoms with van der Waals surface area (Å²) in [6, 6.07) is 0. The standard InChI is InChI=1S/3C6H12O6/c3*7-1-2-3(8)4(9)5(10)6(11)12-2/h3*2-11H,1H2. The summed E-state index contributed by atoms with van der Waals surface area (Å²) in [5, 5.41) is 134. The largest absolute Gasteiger partial charge is 0.394 e. The van der Waals surface area contributed by atoms with Gasteiger partial charge in [0.25, 0.3) is 0 Å². The first kappa shape index (κ1) is 33.3. The predicted molar refractivity (Wildman–Crippen MR) is 108 cm³/mol. The Balaban J connectivity index is 0.000000270. The molecule has 216 valence electrons. The molecule has 15 unspecified atom stereocenters. The predicted octanol–water partition coefficient (Wildman–Crippen LogP) is -9.66. The summed E-state index contributed by atoms with van der Waals surface area (Å²) in [5.74, 6) is 0. The molecule has 0 bridgehead atoms. The summed E-state index contributed by atoms with van der Waals surface area (Å²) in [7, 11) is 0. The van der Waals surface area contributed by atoms with Crippen LogP contribution in [0.1, 0.15) is 0 Å². The van der Waals surface area contributed by atoms with Crippen molar-refractivity contribution in [3.8, 4) is 0 Å². The Morgan fingerprint density at radius 1 is 0.306 bits per heavy atom. The lowest BCUT2D eigenvalue weighted by atomic mass is 10.00. The molecule has 0 aromatic heterocycles. The molecule has 0 aliphatic carbocycles. The average Bonchev–Trinajstić information content (AvgIpc) is 2.87. The van der Waals surface area contributed by atoms with Gasteiger partial charge in [-0.15, -0.1) is 0 Å². The zero-order valence-corrected chi connectivity index (χ0v) is 18.7. The van der Waals surface area contributed by atoms with Crippen LogP contribution in [0.15, 0.2) is 0 Å². The molecule has 3 saturated heterocycles. The molecule has 3 rings (SSSR count). The van der Waals surface area contributed by atoms with Crippen molar-refractivity contribution in [3.63, 3.8) is 0 Å². The zero-order valence-electron chi connectivity index (χ0n) is 18.7. The lowest BCUT2D eigenvalue weighted by molar-refractivity contribution is -0.286. The SMILES string of the molecule is OCC1OC(O)C(O)C(O)C1O.OCC1OC(O)C(O)C(O)C1O.OCC1OC(O)C(O)C(O)C1O. The van der Waals surface area contributed by atoms with Crippen molar-refractivity contribution in [2.45, 2.75) is 92.1 Å². The maximum absolute atomic E-state index is 9.12. The number of hydrogen-bond donors (Lipinski definition) is 15. The quantitative estimate of drug-likeness (QED) is 0.158. The van der Waals surface area contributed by atoms with Crippen molar-refractivity contribution in [1.82, 2.24) is 0 Å². The third-order valence-corrected chi connectivity index (χ3v) is 5.60. The normalized spacial score (nSPS) is 49.2. The Bertz CT molecular complexity index is 519. The summed E-state index contributed by atoms with van der Waals surface area (Å²) in [5.41, 5.74) is 0. The fraction of sp³-hybridized carbons (Fsp3) is 1.00. The van der Waals surface area contributed by atoms with Crippen molar-refractivity contribution < 1.29 is 90.8 Å². The molecule has 0 saturated carbocycles. The summed E-state index contributed by atoms with van der Waals surface area (Å²) >= 11 is 0. The molecule has 3 heterocycles. The molecule has 18 nitrogen and oxygen atoms in total. The molecular formula is C18H36O18. The van der Waals surface area contributed by atoms with Gasteiger partial charge >= 0.3 is 0 Å². The molecule has 3 fully saturated rings. The molecule has 15 N–H and O–H groups in total. The molecular weight excluding hydrogens is 504 g/mol. The van der Waals surface area contributed by atoms with Crippen LogP contribution >= 0.6 is 0 Å². The molecule has 3 aliphatic rings. The van der Waals surface area contributed by atoms with Gasteiger partial charge in [0.2, 0.25) is 0 Å². The second kappa shape index (κ2) is 15.0. The van der Waals surface area contributed by atoms with E-state index in [1.807, 2.05) is 0 Å². The molecule has 3 aliphatic heterocycles.